The number of ether oxygens (including phenoxy) is 2. The SMILES string of the molecule is O=C(NCCC#CCCCNC(=O)c1ccc(OC(F)(F)F)cc1)c1ccc(OC(F)(F)F)cc1. The Kier molecular flexibility index (Phi) is 9.81. The molecule has 0 saturated heterocycles. The summed E-state index contributed by atoms with van der Waals surface area (Å²) in [5, 5.41) is 5.21. The highest BCUT2D eigenvalue weighted by molar-refractivity contribution is 5.94. The number of benzene rings is 2. The number of amides is 2. The number of rotatable bonds is 9. The van der Waals surface area contributed by atoms with Crippen LogP contribution in [-0.4, -0.2) is 37.6 Å². The van der Waals surface area contributed by atoms with Gasteiger partial charge in [0, 0.05) is 37.1 Å². The largest absolute Gasteiger partial charge is 0.573 e. The molecule has 0 atom stereocenters. The second-order valence-corrected chi connectivity index (χ2v) is 6.86. The van der Waals surface area contributed by atoms with Gasteiger partial charge in [0.1, 0.15) is 11.5 Å². The van der Waals surface area contributed by atoms with E-state index in [9.17, 15) is 35.9 Å². The summed E-state index contributed by atoms with van der Waals surface area (Å²) >= 11 is 0. The zero-order valence-corrected chi connectivity index (χ0v) is 18.1. The van der Waals surface area contributed by atoms with Crippen molar-refractivity contribution < 1.29 is 45.4 Å². The van der Waals surface area contributed by atoms with Gasteiger partial charge in [0.15, 0.2) is 0 Å². The molecule has 0 aliphatic carbocycles. The van der Waals surface area contributed by atoms with E-state index < -0.39 is 36.0 Å². The third-order valence-electron chi connectivity index (χ3n) is 4.12. The van der Waals surface area contributed by atoms with Gasteiger partial charge in [-0.1, -0.05) is 0 Å². The van der Waals surface area contributed by atoms with Crippen molar-refractivity contribution in [2.75, 3.05) is 13.1 Å². The molecule has 0 heterocycles. The molecule has 0 aliphatic heterocycles. The van der Waals surface area contributed by atoms with E-state index in [1.165, 1.54) is 24.3 Å². The molecule has 2 N–H and O–H groups in total. The van der Waals surface area contributed by atoms with E-state index in [1.54, 1.807) is 0 Å². The molecule has 0 fully saturated rings. The van der Waals surface area contributed by atoms with Crippen molar-refractivity contribution in [3.05, 3.63) is 59.7 Å². The average Bonchev–Trinajstić information content (AvgIpc) is 2.76. The minimum absolute atomic E-state index is 0.172. The fraction of sp³-hybridized carbons (Fsp3) is 0.304. The molecule has 2 amide bonds. The predicted molar refractivity (Wildman–Crippen MR) is 113 cm³/mol. The van der Waals surface area contributed by atoms with Gasteiger partial charge in [0.25, 0.3) is 11.8 Å². The normalized spacial score (nSPS) is 11.1. The zero-order valence-electron chi connectivity index (χ0n) is 18.1. The second kappa shape index (κ2) is 12.5. The number of unbranched alkanes of at least 4 members (excludes halogenated alkanes) is 1. The third kappa shape index (κ3) is 11.2. The standard InChI is InChI=1S/C23H20F6N2O4/c24-22(25,26)34-18-10-6-16(7-11-18)20(32)30-14-4-2-1-3-5-15-31-21(33)17-8-12-19(13-9-17)35-23(27,28)29/h6-13H,2,4-5,14-15H2,(H,30,32)(H,31,33). The molecule has 2 aromatic rings. The molecule has 0 saturated carbocycles. The van der Waals surface area contributed by atoms with E-state index >= 15 is 0 Å². The maximum atomic E-state index is 12.1. The van der Waals surface area contributed by atoms with Crippen molar-refractivity contribution in [3.8, 4) is 23.3 Å². The molecule has 12 heteroatoms. The minimum Gasteiger partial charge on any atom is -0.406 e. The van der Waals surface area contributed by atoms with E-state index in [1.807, 2.05) is 0 Å². The first-order valence-corrected chi connectivity index (χ1v) is 10.2. The molecular weight excluding hydrogens is 482 g/mol. The Hall–Kier alpha value is -3.88. The van der Waals surface area contributed by atoms with Gasteiger partial charge in [-0.2, -0.15) is 0 Å². The van der Waals surface area contributed by atoms with Crippen LogP contribution in [0.4, 0.5) is 26.3 Å². The number of halogens is 6. The number of carbonyl (C=O) groups excluding carboxylic acids is 2. The Morgan fingerprint density at radius 2 is 1.06 bits per heavy atom. The molecule has 2 aromatic carbocycles. The monoisotopic (exact) mass is 502 g/mol. The van der Waals surface area contributed by atoms with Crippen LogP contribution in [0.15, 0.2) is 48.5 Å². The minimum atomic E-state index is -4.81. The smallest absolute Gasteiger partial charge is 0.406 e. The van der Waals surface area contributed by atoms with Crippen LogP contribution < -0.4 is 20.1 Å². The molecule has 0 radical (unpaired) electrons. The van der Waals surface area contributed by atoms with E-state index in [0.717, 1.165) is 24.3 Å². The van der Waals surface area contributed by atoms with Gasteiger partial charge < -0.3 is 20.1 Å². The maximum absolute atomic E-state index is 12.1. The van der Waals surface area contributed by atoms with Gasteiger partial charge in [-0.15, -0.1) is 38.2 Å². The van der Waals surface area contributed by atoms with Crippen LogP contribution in [0.5, 0.6) is 11.5 Å². The summed E-state index contributed by atoms with van der Waals surface area (Å²) in [6.45, 7) is 0.538. The maximum Gasteiger partial charge on any atom is 0.573 e. The topological polar surface area (TPSA) is 76.7 Å². The predicted octanol–water partition coefficient (Wildman–Crippen LogP) is 4.82. The highest BCUT2D eigenvalue weighted by Crippen LogP contribution is 2.23. The van der Waals surface area contributed by atoms with Crippen LogP contribution in [0.3, 0.4) is 0 Å². The van der Waals surface area contributed by atoms with Gasteiger partial charge in [-0.25, -0.2) is 0 Å². The quantitative estimate of drug-likeness (QED) is 0.293. The number of carbonyl (C=O) groups is 2. The molecule has 0 spiro atoms. The number of hydrogen-bond donors (Lipinski definition) is 2. The van der Waals surface area contributed by atoms with Crippen LogP contribution >= 0.6 is 0 Å². The molecule has 2 rings (SSSR count). The van der Waals surface area contributed by atoms with Crippen LogP contribution in [0.1, 0.15) is 40.0 Å². The molecular formula is C23H20F6N2O4. The first-order chi connectivity index (χ1) is 16.4. The van der Waals surface area contributed by atoms with Gasteiger partial charge >= 0.3 is 12.7 Å². The summed E-state index contributed by atoms with van der Waals surface area (Å²) in [5.41, 5.74) is 0.356. The number of nitrogens with one attached hydrogen (secondary N) is 2. The molecule has 35 heavy (non-hydrogen) atoms. The van der Waals surface area contributed by atoms with E-state index in [-0.39, 0.29) is 17.7 Å². The van der Waals surface area contributed by atoms with Crippen molar-refractivity contribution in [1.29, 1.82) is 0 Å². The molecule has 6 nitrogen and oxygen atoms in total. The lowest BCUT2D eigenvalue weighted by molar-refractivity contribution is -0.275. The van der Waals surface area contributed by atoms with E-state index in [2.05, 4.69) is 31.9 Å². The first-order valence-electron chi connectivity index (χ1n) is 10.2. The summed E-state index contributed by atoms with van der Waals surface area (Å²) in [7, 11) is 0. The Morgan fingerprint density at radius 1 is 0.657 bits per heavy atom. The summed E-state index contributed by atoms with van der Waals surface area (Å²) < 4.78 is 80.3. The highest BCUT2D eigenvalue weighted by Gasteiger charge is 2.31. The fourth-order valence-electron chi connectivity index (χ4n) is 2.61. The zero-order chi connectivity index (χ0) is 25.9. The van der Waals surface area contributed by atoms with Crippen molar-refractivity contribution >= 4 is 11.8 Å². The third-order valence-corrected chi connectivity index (χ3v) is 4.12. The number of hydrogen-bond acceptors (Lipinski definition) is 4. The molecule has 0 unspecified atom stereocenters. The van der Waals surface area contributed by atoms with Crippen LogP contribution in [0.25, 0.3) is 0 Å². The van der Waals surface area contributed by atoms with Gasteiger partial charge in [-0.05, 0) is 55.0 Å². The van der Waals surface area contributed by atoms with Crippen LogP contribution in [0.2, 0.25) is 0 Å². The van der Waals surface area contributed by atoms with Crippen molar-refractivity contribution in [3.63, 3.8) is 0 Å². The summed E-state index contributed by atoms with van der Waals surface area (Å²) in [4.78, 5) is 23.9. The fourth-order valence-corrected chi connectivity index (χ4v) is 2.61. The van der Waals surface area contributed by atoms with Crippen molar-refractivity contribution in [2.45, 2.75) is 32.0 Å². The van der Waals surface area contributed by atoms with Crippen LogP contribution in [0, 0.1) is 11.8 Å². The van der Waals surface area contributed by atoms with Gasteiger partial charge in [0.2, 0.25) is 0 Å². The highest BCUT2D eigenvalue weighted by atomic mass is 19.4. The summed E-state index contributed by atoms with van der Waals surface area (Å²) in [6, 6.07) is 9.03. The molecule has 188 valence electrons. The van der Waals surface area contributed by atoms with Crippen molar-refractivity contribution in [2.24, 2.45) is 0 Å². The molecule has 0 bridgehead atoms. The Balaban J connectivity index is 1.60. The average molecular weight is 502 g/mol. The van der Waals surface area contributed by atoms with Gasteiger partial charge in [-0.3, -0.25) is 9.59 Å². The Morgan fingerprint density at radius 3 is 1.49 bits per heavy atom. The Labute approximate surface area is 196 Å². The first kappa shape index (κ1) is 27.4. The summed E-state index contributed by atoms with van der Waals surface area (Å²) in [6.07, 6.45) is -8.26. The van der Waals surface area contributed by atoms with Crippen molar-refractivity contribution in [1.82, 2.24) is 10.6 Å². The lowest BCUT2D eigenvalue weighted by Crippen LogP contribution is -2.24. The molecule has 0 aliphatic rings. The number of alkyl halides is 6. The lowest BCUT2D eigenvalue weighted by Gasteiger charge is -2.09. The van der Waals surface area contributed by atoms with Crippen LogP contribution in [-0.2, 0) is 0 Å². The lowest BCUT2D eigenvalue weighted by atomic mass is 10.2. The van der Waals surface area contributed by atoms with E-state index in [0.29, 0.717) is 25.8 Å². The van der Waals surface area contributed by atoms with Gasteiger partial charge in [0.05, 0.1) is 0 Å². The molecule has 0 aromatic heterocycles. The summed E-state index contributed by atoms with van der Waals surface area (Å²) in [5.74, 6) is 3.95. The second-order valence-electron chi connectivity index (χ2n) is 6.86. The van der Waals surface area contributed by atoms with E-state index in [4.69, 9.17) is 0 Å². The Bertz CT molecular complexity index is 1040.